The summed E-state index contributed by atoms with van der Waals surface area (Å²) in [7, 11) is 1.70. The van der Waals surface area contributed by atoms with Crippen molar-refractivity contribution in [2.24, 2.45) is 5.41 Å². The molecule has 1 unspecified atom stereocenters. The molecule has 2 heterocycles. The van der Waals surface area contributed by atoms with Crippen LogP contribution in [0.15, 0.2) is 30.5 Å². The van der Waals surface area contributed by atoms with Crippen LogP contribution in [0, 0.1) is 5.41 Å². The number of halogens is 3. The van der Waals surface area contributed by atoms with E-state index in [-0.39, 0.29) is 17.5 Å². The molecular formula is C21H27F3N4O2. The maximum absolute atomic E-state index is 12.9. The van der Waals surface area contributed by atoms with E-state index in [9.17, 15) is 18.3 Å². The van der Waals surface area contributed by atoms with E-state index in [2.05, 4.69) is 15.6 Å². The van der Waals surface area contributed by atoms with Gasteiger partial charge in [-0.2, -0.15) is 13.2 Å². The first-order valence-corrected chi connectivity index (χ1v) is 10.2. The number of benzene rings is 1. The summed E-state index contributed by atoms with van der Waals surface area (Å²) in [5, 5.41) is 23.3. The minimum absolute atomic E-state index is 0.0375. The fraction of sp³-hybridized carbons (Fsp3) is 0.619. The highest BCUT2D eigenvalue weighted by Crippen LogP contribution is 2.47. The summed E-state index contributed by atoms with van der Waals surface area (Å²) >= 11 is 0. The van der Waals surface area contributed by atoms with E-state index in [1.54, 1.807) is 7.11 Å². The fourth-order valence-corrected chi connectivity index (χ4v) is 4.51. The van der Waals surface area contributed by atoms with Gasteiger partial charge in [0.15, 0.2) is 0 Å². The molecule has 0 bridgehead atoms. The van der Waals surface area contributed by atoms with Crippen molar-refractivity contribution in [3.63, 3.8) is 0 Å². The monoisotopic (exact) mass is 424 g/mol. The Morgan fingerprint density at radius 2 is 1.93 bits per heavy atom. The lowest BCUT2D eigenvalue weighted by Gasteiger charge is -2.40. The molecule has 1 aliphatic heterocycles. The van der Waals surface area contributed by atoms with Crippen LogP contribution in [-0.4, -0.2) is 39.9 Å². The highest BCUT2D eigenvalue weighted by Gasteiger charge is 2.44. The topological polar surface area (TPSA) is 72.2 Å². The number of hydrogen-bond donors (Lipinski definition) is 2. The van der Waals surface area contributed by atoms with Crippen LogP contribution in [0.4, 0.5) is 13.2 Å². The molecule has 9 heteroatoms. The van der Waals surface area contributed by atoms with E-state index >= 15 is 0 Å². The number of nitrogens with one attached hydrogen (secondary N) is 1. The Morgan fingerprint density at radius 3 is 2.53 bits per heavy atom. The van der Waals surface area contributed by atoms with Crippen LogP contribution in [0.5, 0.6) is 0 Å². The summed E-state index contributed by atoms with van der Waals surface area (Å²) < 4.78 is 45.8. The third-order valence-electron chi connectivity index (χ3n) is 6.24. The van der Waals surface area contributed by atoms with Crippen LogP contribution in [0.1, 0.15) is 55.5 Å². The first-order chi connectivity index (χ1) is 14.1. The SMILES string of the molecule is COCC1(Cn2cc([C@@H]3CC(O)(c4ccc(C(F)(F)F)cc4)C[C@H](C)N3)nn2)CC1. The van der Waals surface area contributed by atoms with Crippen LogP contribution < -0.4 is 5.32 Å². The molecule has 1 aromatic carbocycles. The number of aliphatic hydroxyl groups is 1. The molecule has 0 amide bonds. The number of rotatable bonds is 6. The summed E-state index contributed by atoms with van der Waals surface area (Å²) in [4.78, 5) is 0. The molecule has 1 aliphatic carbocycles. The van der Waals surface area contributed by atoms with Crippen LogP contribution in [0.25, 0.3) is 0 Å². The Morgan fingerprint density at radius 1 is 1.23 bits per heavy atom. The molecule has 0 spiro atoms. The lowest BCUT2D eigenvalue weighted by molar-refractivity contribution is -0.137. The molecule has 3 atom stereocenters. The van der Waals surface area contributed by atoms with E-state index in [0.29, 0.717) is 25.0 Å². The van der Waals surface area contributed by atoms with Gasteiger partial charge in [-0.05, 0) is 43.9 Å². The summed E-state index contributed by atoms with van der Waals surface area (Å²) in [5.74, 6) is 0. The average Bonchev–Trinajstić information content (AvgIpc) is 3.26. The van der Waals surface area contributed by atoms with Crippen molar-refractivity contribution < 1.29 is 23.0 Å². The third kappa shape index (κ3) is 4.38. The van der Waals surface area contributed by atoms with Gasteiger partial charge in [0.05, 0.1) is 42.2 Å². The number of ether oxygens (including phenoxy) is 1. The molecule has 2 fully saturated rings. The first-order valence-electron chi connectivity index (χ1n) is 10.2. The molecule has 2 aliphatic rings. The van der Waals surface area contributed by atoms with Crippen molar-refractivity contribution >= 4 is 0 Å². The predicted molar refractivity (Wildman–Crippen MR) is 103 cm³/mol. The Labute approximate surface area is 173 Å². The molecule has 1 saturated heterocycles. The second-order valence-electron chi connectivity index (χ2n) is 8.91. The molecule has 6 nitrogen and oxygen atoms in total. The van der Waals surface area contributed by atoms with Crippen molar-refractivity contribution in [3.8, 4) is 0 Å². The van der Waals surface area contributed by atoms with Gasteiger partial charge in [0, 0.05) is 25.0 Å². The van der Waals surface area contributed by atoms with Crippen molar-refractivity contribution in [2.75, 3.05) is 13.7 Å². The minimum atomic E-state index is -4.40. The number of alkyl halides is 3. The maximum atomic E-state index is 12.9. The van der Waals surface area contributed by atoms with E-state index < -0.39 is 17.3 Å². The first kappa shape index (κ1) is 21.3. The van der Waals surface area contributed by atoms with Crippen molar-refractivity contribution in [2.45, 2.75) is 63.0 Å². The summed E-state index contributed by atoms with van der Waals surface area (Å²) in [6.07, 6.45) is 0.402. The Hall–Kier alpha value is -1.97. The van der Waals surface area contributed by atoms with Crippen molar-refractivity contribution in [1.29, 1.82) is 0 Å². The Kier molecular flexibility index (Phi) is 5.40. The summed E-state index contributed by atoms with van der Waals surface area (Å²) in [5.41, 5.74) is -0.620. The average molecular weight is 424 g/mol. The zero-order valence-electron chi connectivity index (χ0n) is 17.1. The molecule has 2 N–H and O–H groups in total. The smallest absolute Gasteiger partial charge is 0.385 e. The molecule has 164 valence electrons. The fourth-order valence-electron chi connectivity index (χ4n) is 4.51. The Balaban J connectivity index is 1.51. The van der Waals surface area contributed by atoms with Gasteiger partial charge in [-0.3, -0.25) is 4.68 Å². The highest BCUT2D eigenvalue weighted by molar-refractivity contribution is 5.30. The number of aromatic nitrogens is 3. The summed E-state index contributed by atoms with van der Waals surface area (Å²) in [6, 6.07) is 4.51. The van der Waals surface area contributed by atoms with Gasteiger partial charge in [-0.25, -0.2) is 0 Å². The van der Waals surface area contributed by atoms with Crippen LogP contribution in [0.3, 0.4) is 0 Å². The van der Waals surface area contributed by atoms with Crippen LogP contribution in [-0.2, 0) is 23.1 Å². The number of hydrogen-bond acceptors (Lipinski definition) is 5. The van der Waals surface area contributed by atoms with Gasteiger partial charge >= 0.3 is 6.18 Å². The van der Waals surface area contributed by atoms with Gasteiger partial charge in [-0.15, -0.1) is 5.10 Å². The lowest BCUT2D eigenvalue weighted by atomic mass is 9.78. The second-order valence-corrected chi connectivity index (χ2v) is 8.91. The zero-order chi connectivity index (χ0) is 21.6. The van der Waals surface area contributed by atoms with Crippen LogP contribution >= 0.6 is 0 Å². The van der Waals surface area contributed by atoms with Gasteiger partial charge in [0.2, 0.25) is 0 Å². The van der Waals surface area contributed by atoms with Crippen molar-refractivity contribution in [1.82, 2.24) is 20.3 Å². The highest BCUT2D eigenvalue weighted by atomic mass is 19.4. The number of nitrogens with zero attached hydrogens (tertiary/aromatic N) is 3. The number of methoxy groups -OCH3 is 1. The molecule has 30 heavy (non-hydrogen) atoms. The van der Waals surface area contributed by atoms with E-state index in [1.165, 1.54) is 12.1 Å². The molecular weight excluding hydrogens is 397 g/mol. The maximum Gasteiger partial charge on any atom is 0.416 e. The predicted octanol–water partition coefficient (Wildman–Crippen LogP) is 3.42. The molecule has 2 aromatic rings. The zero-order valence-corrected chi connectivity index (χ0v) is 17.1. The lowest BCUT2D eigenvalue weighted by Crippen LogP contribution is -2.47. The third-order valence-corrected chi connectivity index (χ3v) is 6.24. The molecule has 4 rings (SSSR count). The summed E-state index contributed by atoms with van der Waals surface area (Å²) in [6.45, 7) is 3.37. The Bertz CT molecular complexity index is 879. The van der Waals surface area contributed by atoms with E-state index in [1.807, 2.05) is 17.8 Å². The van der Waals surface area contributed by atoms with E-state index in [4.69, 9.17) is 4.74 Å². The number of piperidine rings is 1. The van der Waals surface area contributed by atoms with Gasteiger partial charge in [0.25, 0.3) is 0 Å². The molecule has 1 saturated carbocycles. The quantitative estimate of drug-likeness (QED) is 0.744. The largest absolute Gasteiger partial charge is 0.416 e. The van der Waals surface area contributed by atoms with Crippen molar-refractivity contribution in [3.05, 3.63) is 47.3 Å². The molecule has 0 radical (unpaired) electrons. The van der Waals surface area contributed by atoms with E-state index in [0.717, 1.165) is 37.2 Å². The second kappa shape index (κ2) is 7.62. The van der Waals surface area contributed by atoms with Crippen LogP contribution in [0.2, 0.25) is 0 Å². The standard InChI is InChI=1S/C21H27F3N4O2/c1-14-9-20(29,15-3-5-16(6-4-15)21(22,23)24)10-17(25-14)18-11-28(27-26-18)12-19(7-8-19)13-30-2/h3-6,11,14,17,25,29H,7-10,12-13H2,1-2H3/t14-,17-,20?/m0/s1. The van der Waals surface area contributed by atoms with Gasteiger partial charge in [-0.1, -0.05) is 17.3 Å². The van der Waals surface area contributed by atoms with Gasteiger partial charge < -0.3 is 15.2 Å². The normalized spacial score (nSPS) is 28.5. The van der Waals surface area contributed by atoms with Gasteiger partial charge in [0.1, 0.15) is 0 Å². The molecule has 1 aromatic heterocycles. The minimum Gasteiger partial charge on any atom is -0.385 e.